The molecule has 0 fully saturated rings. The van der Waals surface area contributed by atoms with E-state index in [1.54, 1.807) is 0 Å². The molecule has 0 unspecified atom stereocenters. The number of rotatable bonds is 2. The summed E-state index contributed by atoms with van der Waals surface area (Å²) in [5.41, 5.74) is 6.10. The number of pyridine rings is 1. The Bertz CT molecular complexity index is 2750. The topological polar surface area (TPSA) is 3.88 Å². The number of hydrogen-bond acceptors (Lipinski definition) is 0. The molecule has 1 aromatic heterocycles. The zero-order valence-corrected chi connectivity index (χ0v) is 28.3. The monoisotopic (exact) mass is 638 g/mol. The SMILES string of the molecule is Cc1ccccc1-c1cc(-c2cc3cc(c2)c2cccc(c2)c2cccc(c2)c2cccc(c2)c2cccc(c2)c2cccc3c2)cc[n+]1C. The van der Waals surface area contributed by atoms with Crippen LogP contribution >= 0.6 is 0 Å². The lowest BCUT2D eigenvalue weighted by Crippen LogP contribution is -2.30. The second kappa shape index (κ2) is 12.3. The van der Waals surface area contributed by atoms with Crippen molar-refractivity contribution in [2.24, 2.45) is 7.05 Å². The minimum Gasteiger partial charge on any atom is -0.201 e. The summed E-state index contributed by atoms with van der Waals surface area (Å²) in [6.45, 7) is 2.19. The lowest BCUT2D eigenvalue weighted by molar-refractivity contribution is -0.660. The van der Waals surface area contributed by atoms with Gasteiger partial charge in [0.2, 0.25) is 5.69 Å². The summed E-state index contributed by atoms with van der Waals surface area (Å²) in [7, 11) is 2.13. The van der Waals surface area contributed by atoms with Crippen molar-refractivity contribution in [3.63, 3.8) is 0 Å². The second-order valence-corrected chi connectivity index (χ2v) is 13.4. The molecule has 0 N–H and O–H groups in total. The number of aryl methyl sites for hydroxylation is 2. The van der Waals surface area contributed by atoms with Crippen LogP contribution in [0.2, 0.25) is 0 Å². The Morgan fingerprint density at radius 2 is 0.680 bits per heavy atom. The van der Waals surface area contributed by atoms with E-state index in [1.165, 1.54) is 92.6 Å². The van der Waals surface area contributed by atoms with Crippen LogP contribution in [0.15, 0.2) is 182 Å². The molecular formula is C49H36N+. The van der Waals surface area contributed by atoms with Crippen molar-refractivity contribution in [3.8, 4) is 22.4 Å². The predicted octanol–water partition coefficient (Wildman–Crippen LogP) is 12.8. The van der Waals surface area contributed by atoms with Crippen molar-refractivity contribution in [1.29, 1.82) is 0 Å². The smallest absolute Gasteiger partial charge is 0.201 e. The minimum atomic E-state index is 1.19. The maximum atomic E-state index is 2.35. The molecule has 9 aromatic rings. The largest absolute Gasteiger partial charge is 0.213 e. The van der Waals surface area contributed by atoms with E-state index in [-0.39, 0.29) is 0 Å². The van der Waals surface area contributed by atoms with Crippen LogP contribution in [0, 0.1) is 6.92 Å². The lowest BCUT2D eigenvalue weighted by atomic mass is 9.96. The van der Waals surface area contributed by atoms with Gasteiger partial charge in [0.15, 0.2) is 6.20 Å². The van der Waals surface area contributed by atoms with E-state index >= 15 is 0 Å². The quantitative estimate of drug-likeness (QED) is 0.166. The molecule has 236 valence electrons. The maximum absolute atomic E-state index is 2.35. The van der Waals surface area contributed by atoms with Crippen LogP contribution in [0.25, 0.3) is 87.0 Å². The van der Waals surface area contributed by atoms with Crippen LogP contribution in [0.4, 0.5) is 0 Å². The van der Waals surface area contributed by atoms with Crippen LogP contribution in [0.1, 0.15) is 5.56 Å². The van der Waals surface area contributed by atoms with Gasteiger partial charge in [-0.05, 0) is 143 Å². The normalized spacial score (nSPS) is 11.4. The summed E-state index contributed by atoms with van der Waals surface area (Å²) in [5, 5.41) is 14.5. The second-order valence-electron chi connectivity index (χ2n) is 13.4. The summed E-state index contributed by atoms with van der Waals surface area (Å²) in [5.74, 6) is 0. The van der Waals surface area contributed by atoms with Gasteiger partial charge >= 0.3 is 0 Å². The van der Waals surface area contributed by atoms with Gasteiger partial charge in [-0.3, -0.25) is 0 Å². The summed E-state index contributed by atoms with van der Waals surface area (Å²) in [4.78, 5) is 0. The minimum absolute atomic E-state index is 1.19. The Morgan fingerprint density at radius 1 is 0.320 bits per heavy atom. The van der Waals surface area contributed by atoms with E-state index in [0.717, 1.165) is 0 Å². The Morgan fingerprint density at radius 3 is 1.08 bits per heavy atom. The van der Waals surface area contributed by atoms with Crippen molar-refractivity contribution in [3.05, 3.63) is 188 Å². The molecule has 1 heteroatoms. The fraction of sp³-hybridized carbons (Fsp3) is 0.0408. The Hall–Kier alpha value is -6.31. The standard InChI is InChI=1S/C49H36N/c1-33-10-3-4-21-48(33)49-32-44(22-23-50(49)2)47-30-45-29-46(31-47)43-20-9-18-41(28-43)39-16-7-14-37(26-39)35-12-5-11-34(24-35)36-13-6-15-38(25-36)40-17-8-19-42(45)27-40/h3-32H,1-2H3/q+1. The molecule has 0 aliphatic carbocycles. The molecule has 8 aromatic carbocycles. The molecule has 0 radical (unpaired) electrons. The Kier molecular flexibility index (Phi) is 7.33. The van der Waals surface area contributed by atoms with Crippen LogP contribution in [0.3, 0.4) is 0 Å². The van der Waals surface area contributed by atoms with E-state index in [2.05, 4.69) is 201 Å². The molecule has 1 heterocycles. The molecular weight excluding hydrogens is 603 g/mol. The predicted molar refractivity (Wildman–Crippen MR) is 215 cm³/mol. The number of nitrogens with zero attached hydrogens (tertiary/aromatic N) is 1. The van der Waals surface area contributed by atoms with Gasteiger partial charge in [-0.25, -0.2) is 4.57 Å². The zero-order valence-electron chi connectivity index (χ0n) is 28.3. The highest BCUT2D eigenvalue weighted by molar-refractivity contribution is 6.02. The van der Waals surface area contributed by atoms with Crippen LogP contribution in [-0.4, -0.2) is 0 Å². The first-order chi connectivity index (χ1) is 24.6. The van der Waals surface area contributed by atoms with Gasteiger partial charge in [0.05, 0.1) is 0 Å². The fourth-order valence-corrected chi connectivity index (χ4v) is 7.40. The van der Waals surface area contributed by atoms with Crippen LogP contribution in [-0.2, 0) is 7.05 Å². The van der Waals surface area contributed by atoms with Gasteiger partial charge in [0.1, 0.15) is 7.05 Å². The summed E-state index contributed by atoms with van der Waals surface area (Å²) < 4.78 is 2.22. The van der Waals surface area contributed by atoms with Gasteiger partial charge in [0.25, 0.3) is 0 Å². The van der Waals surface area contributed by atoms with Gasteiger partial charge in [-0.1, -0.05) is 109 Å². The van der Waals surface area contributed by atoms with Gasteiger partial charge in [0, 0.05) is 17.7 Å². The Labute approximate surface area is 292 Å². The van der Waals surface area contributed by atoms with E-state index in [4.69, 9.17) is 0 Å². The highest BCUT2D eigenvalue weighted by Gasteiger charge is 2.14. The van der Waals surface area contributed by atoms with Crippen LogP contribution < -0.4 is 4.57 Å². The van der Waals surface area contributed by atoms with Crippen LogP contribution in [0.5, 0.6) is 0 Å². The fourth-order valence-electron chi connectivity index (χ4n) is 7.40. The molecule has 0 amide bonds. The summed E-state index contributed by atoms with van der Waals surface area (Å²) in [6, 6.07) is 65.0. The van der Waals surface area contributed by atoms with Crippen molar-refractivity contribution in [2.45, 2.75) is 6.92 Å². The van der Waals surface area contributed by atoms with Crippen molar-refractivity contribution >= 4 is 64.6 Å². The van der Waals surface area contributed by atoms with Gasteiger partial charge < -0.3 is 0 Å². The molecule has 0 saturated heterocycles. The third kappa shape index (κ3) is 5.53. The number of benzene rings is 7. The third-order valence-corrected chi connectivity index (χ3v) is 10.2. The molecule has 1 nitrogen and oxygen atoms in total. The zero-order chi connectivity index (χ0) is 33.6. The Balaban J connectivity index is 1.41. The average Bonchev–Trinajstić information content (AvgIpc) is 3.18. The highest BCUT2D eigenvalue weighted by atomic mass is 14.9. The van der Waals surface area contributed by atoms with E-state index in [9.17, 15) is 0 Å². The molecule has 50 heavy (non-hydrogen) atoms. The van der Waals surface area contributed by atoms with E-state index < -0.39 is 0 Å². The molecule has 9 rings (SSSR count). The molecule has 0 aliphatic heterocycles. The molecule has 0 atom stereocenters. The number of aromatic nitrogens is 1. The van der Waals surface area contributed by atoms with Crippen molar-refractivity contribution in [2.75, 3.05) is 0 Å². The van der Waals surface area contributed by atoms with Gasteiger partial charge in [-0.15, -0.1) is 0 Å². The first kappa shape index (κ1) is 29.8. The average molecular weight is 639 g/mol. The van der Waals surface area contributed by atoms with Gasteiger partial charge in [-0.2, -0.15) is 0 Å². The third-order valence-electron chi connectivity index (χ3n) is 10.2. The molecule has 0 spiro atoms. The first-order valence-electron chi connectivity index (χ1n) is 17.3. The molecule has 12 bridgehead atoms. The van der Waals surface area contributed by atoms with E-state index in [1.807, 2.05) is 0 Å². The number of fused-ring (bicyclic) bond motifs is 18. The highest BCUT2D eigenvalue weighted by Crippen LogP contribution is 2.32. The lowest BCUT2D eigenvalue weighted by Gasteiger charge is -2.09. The summed E-state index contributed by atoms with van der Waals surface area (Å²) in [6.07, 6.45) is 2.18. The first-order valence-corrected chi connectivity index (χ1v) is 17.3. The van der Waals surface area contributed by atoms with Crippen molar-refractivity contribution in [1.82, 2.24) is 0 Å². The van der Waals surface area contributed by atoms with E-state index in [0.29, 0.717) is 0 Å². The van der Waals surface area contributed by atoms with Crippen molar-refractivity contribution < 1.29 is 4.57 Å². The molecule has 0 aliphatic rings. The summed E-state index contributed by atoms with van der Waals surface area (Å²) >= 11 is 0. The maximum Gasteiger partial charge on any atom is 0.213 e. The molecule has 0 saturated carbocycles. The number of hydrogen-bond donors (Lipinski definition) is 0.